The van der Waals surface area contributed by atoms with Gasteiger partial charge in [-0.15, -0.1) is 0 Å². The Balaban J connectivity index is 2.14. The van der Waals surface area contributed by atoms with Gasteiger partial charge in [-0.2, -0.15) is 0 Å². The van der Waals surface area contributed by atoms with Gasteiger partial charge in [-0.25, -0.2) is 0 Å². The van der Waals surface area contributed by atoms with Gasteiger partial charge in [-0.1, -0.05) is 39.7 Å². The van der Waals surface area contributed by atoms with Crippen LogP contribution in [-0.2, 0) is 6.42 Å². The largest absolute Gasteiger partial charge is 0.265 e. The zero-order chi connectivity index (χ0) is 12.3. The molecule has 0 aliphatic rings. The van der Waals surface area contributed by atoms with Crippen LogP contribution in [0.15, 0.2) is 42.7 Å². The van der Waals surface area contributed by atoms with Crippen LogP contribution in [-0.4, -0.2) is 4.98 Å². The smallest absolute Gasteiger partial charge is 0.0438 e. The van der Waals surface area contributed by atoms with Crippen LogP contribution in [0.25, 0.3) is 0 Å². The molecular formula is C14H13BrClN. The third-order valence-corrected chi connectivity index (χ3v) is 3.98. The van der Waals surface area contributed by atoms with Gasteiger partial charge in [0.2, 0.25) is 0 Å². The number of nitrogens with zero attached hydrogens (tertiary/aromatic N) is 1. The van der Waals surface area contributed by atoms with Gasteiger partial charge in [0.05, 0.1) is 0 Å². The van der Waals surface area contributed by atoms with Gasteiger partial charge in [-0.05, 0) is 48.2 Å². The van der Waals surface area contributed by atoms with Crippen LogP contribution in [0.1, 0.15) is 21.5 Å². The van der Waals surface area contributed by atoms with Gasteiger partial charge < -0.3 is 0 Å². The Kier molecular flexibility index (Phi) is 4.19. The van der Waals surface area contributed by atoms with Crippen molar-refractivity contribution in [2.45, 2.75) is 18.2 Å². The molecule has 0 bridgehead atoms. The first-order valence-electron chi connectivity index (χ1n) is 5.46. The molecule has 88 valence electrons. The van der Waals surface area contributed by atoms with E-state index in [4.69, 9.17) is 11.6 Å². The summed E-state index contributed by atoms with van der Waals surface area (Å²) < 4.78 is 0. The van der Waals surface area contributed by atoms with E-state index >= 15 is 0 Å². The zero-order valence-electron chi connectivity index (χ0n) is 9.53. The Bertz CT molecular complexity index is 499. The highest BCUT2D eigenvalue weighted by Crippen LogP contribution is 2.29. The highest BCUT2D eigenvalue weighted by Gasteiger charge is 2.09. The molecule has 2 rings (SSSR count). The average Bonchev–Trinajstić information content (AvgIpc) is 2.34. The normalized spacial score (nSPS) is 12.4. The van der Waals surface area contributed by atoms with Crippen molar-refractivity contribution in [2.75, 3.05) is 0 Å². The second-order valence-electron chi connectivity index (χ2n) is 4.04. The fourth-order valence-electron chi connectivity index (χ4n) is 1.65. The maximum atomic E-state index is 6.13. The lowest BCUT2D eigenvalue weighted by Gasteiger charge is -2.11. The van der Waals surface area contributed by atoms with Gasteiger partial charge in [0.25, 0.3) is 0 Å². The summed E-state index contributed by atoms with van der Waals surface area (Å²) in [6, 6.07) is 10.3. The lowest BCUT2D eigenvalue weighted by Crippen LogP contribution is -1.96. The first-order chi connectivity index (χ1) is 8.16. The molecule has 1 heterocycles. The van der Waals surface area contributed by atoms with Gasteiger partial charge in [0.15, 0.2) is 0 Å². The van der Waals surface area contributed by atoms with Crippen molar-refractivity contribution in [1.29, 1.82) is 0 Å². The van der Waals surface area contributed by atoms with Crippen LogP contribution in [0, 0.1) is 6.92 Å². The number of rotatable bonds is 3. The number of halogens is 2. The summed E-state index contributed by atoms with van der Waals surface area (Å²) >= 11 is 9.83. The number of pyridine rings is 1. The maximum absolute atomic E-state index is 6.13. The predicted molar refractivity (Wildman–Crippen MR) is 75.8 cm³/mol. The van der Waals surface area contributed by atoms with E-state index in [2.05, 4.69) is 33.0 Å². The quantitative estimate of drug-likeness (QED) is 0.747. The van der Waals surface area contributed by atoms with Gasteiger partial charge >= 0.3 is 0 Å². The lowest BCUT2D eigenvalue weighted by molar-refractivity contribution is 0.944. The van der Waals surface area contributed by atoms with E-state index in [9.17, 15) is 0 Å². The Hall–Kier alpha value is -0.860. The number of aromatic nitrogens is 1. The monoisotopic (exact) mass is 309 g/mol. The van der Waals surface area contributed by atoms with Crippen LogP contribution in [0.5, 0.6) is 0 Å². The fourth-order valence-corrected chi connectivity index (χ4v) is 2.50. The minimum atomic E-state index is 0.281. The summed E-state index contributed by atoms with van der Waals surface area (Å²) in [7, 11) is 0. The molecule has 1 unspecified atom stereocenters. The first-order valence-corrected chi connectivity index (χ1v) is 6.75. The van der Waals surface area contributed by atoms with Gasteiger partial charge in [0.1, 0.15) is 0 Å². The predicted octanol–water partition coefficient (Wildman–Crippen LogP) is 4.72. The molecule has 0 fully saturated rings. The molecule has 1 aromatic carbocycles. The van der Waals surface area contributed by atoms with Gasteiger partial charge in [0, 0.05) is 22.2 Å². The highest BCUT2D eigenvalue weighted by molar-refractivity contribution is 9.09. The molecule has 0 aliphatic heterocycles. The second-order valence-corrected chi connectivity index (χ2v) is 5.55. The van der Waals surface area contributed by atoms with Crippen LogP contribution in [0.2, 0.25) is 5.02 Å². The SMILES string of the molecule is Cc1ccc(C(Br)Cc2ccncc2)cc1Cl. The summed E-state index contributed by atoms with van der Waals surface area (Å²) in [6.45, 7) is 2.01. The Morgan fingerprint density at radius 3 is 2.59 bits per heavy atom. The molecule has 1 atom stereocenters. The zero-order valence-corrected chi connectivity index (χ0v) is 11.9. The van der Waals surface area contributed by atoms with E-state index in [-0.39, 0.29) is 4.83 Å². The molecule has 0 saturated carbocycles. The van der Waals surface area contributed by atoms with Gasteiger partial charge in [-0.3, -0.25) is 4.98 Å². The van der Waals surface area contributed by atoms with Crippen molar-refractivity contribution >= 4 is 27.5 Å². The van der Waals surface area contributed by atoms with Crippen LogP contribution in [0.3, 0.4) is 0 Å². The highest BCUT2D eigenvalue weighted by atomic mass is 79.9. The van der Waals surface area contributed by atoms with E-state index in [1.54, 1.807) is 0 Å². The fraction of sp³-hybridized carbons (Fsp3) is 0.214. The van der Waals surface area contributed by atoms with E-state index in [1.165, 1.54) is 11.1 Å². The molecule has 0 spiro atoms. The number of alkyl halides is 1. The van der Waals surface area contributed by atoms with Crippen molar-refractivity contribution in [1.82, 2.24) is 4.98 Å². The molecule has 0 saturated heterocycles. The summed E-state index contributed by atoms with van der Waals surface area (Å²) in [5.41, 5.74) is 3.58. The van der Waals surface area contributed by atoms with Crippen molar-refractivity contribution in [3.8, 4) is 0 Å². The second kappa shape index (κ2) is 5.65. The molecule has 1 nitrogen and oxygen atoms in total. The minimum Gasteiger partial charge on any atom is -0.265 e. The number of aryl methyl sites for hydroxylation is 1. The number of benzene rings is 1. The summed E-state index contributed by atoms with van der Waals surface area (Å²) in [4.78, 5) is 4.30. The van der Waals surface area contributed by atoms with E-state index in [1.807, 2.05) is 37.5 Å². The minimum absolute atomic E-state index is 0.281. The van der Waals surface area contributed by atoms with E-state index in [0.29, 0.717) is 0 Å². The van der Waals surface area contributed by atoms with Crippen molar-refractivity contribution < 1.29 is 0 Å². The van der Waals surface area contributed by atoms with Crippen molar-refractivity contribution in [3.05, 3.63) is 64.4 Å². The molecule has 0 radical (unpaired) electrons. The van der Waals surface area contributed by atoms with Crippen LogP contribution in [0.4, 0.5) is 0 Å². The molecule has 0 aliphatic carbocycles. The lowest BCUT2D eigenvalue weighted by atomic mass is 10.0. The first kappa shape index (κ1) is 12.6. The summed E-state index contributed by atoms with van der Waals surface area (Å²) in [5, 5.41) is 0.821. The van der Waals surface area contributed by atoms with Crippen LogP contribution < -0.4 is 0 Å². The van der Waals surface area contributed by atoms with E-state index in [0.717, 1.165) is 17.0 Å². The number of hydrogen-bond acceptors (Lipinski definition) is 1. The Morgan fingerprint density at radius 1 is 1.24 bits per heavy atom. The summed E-state index contributed by atoms with van der Waals surface area (Å²) in [5.74, 6) is 0. The van der Waals surface area contributed by atoms with Crippen molar-refractivity contribution in [3.63, 3.8) is 0 Å². The van der Waals surface area contributed by atoms with E-state index < -0.39 is 0 Å². The molecule has 0 N–H and O–H groups in total. The molecular weight excluding hydrogens is 298 g/mol. The Labute approximate surface area is 115 Å². The third kappa shape index (κ3) is 3.30. The molecule has 3 heteroatoms. The Morgan fingerprint density at radius 2 is 1.94 bits per heavy atom. The molecule has 0 amide bonds. The molecule has 1 aromatic heterocycles. The standard InChI is InChI=1S/C14H13BrClN/c1-10-2-3-12(9-14(10)16)13(15)8-11-4-6-17-7-5-11/h2-7,9,13H,8H2,1H3. The molecule has 17 heavy (non-hydrogen) atoms. The van der Waals surface area contributed by atoms with Crippen LogP contribution >= 0.6 is 27.5 Å². The maximum Gasteiger partial charge on any atom is 0.0438 e. The topological polar surface area (TPSA) is 12.9 Å². The molecule has 2 aromatic rings. The third-order valence-electron chi connectivity index (χ3n) is 2.72. The van der Waals surface area contributed by atoms with Crippen molar-refractivity contribution in [2.24, 2.45) is 0 Å². The summed E-state index contributed by atoms with van der Waals surface area (Å²) in [6.07, 6.45) is 4.57. The average molecular weight is 311 g/mol. The number of hydrogen-bond donors (Lipinski definition) is 0.